The molecule has 2 N–H and O–H groups in total. The first-order valence-electron chi connectivity index (χ1n) is 10.7. The minimum atomic E-state index is -0.642. The first-order chi connectivity index (χ1) is 15.9. The number of aliphatic hydroxyl groups excluding tert-OH is 1. The normalized spacial score (nSPS) is 17.2. The maximum atomic E-state index is 14.5. The van der Waals surface area contributed by atoms with Crippen molar-refractivity contribution < 1.29 is 19.1 Å². The quantitative estimate of drug-likeness (QED) is 0.451. The van der Waals surface area contributed by atoms with Crippen LogP contribution < -0.4 is 5.32 Å². The number of carbonyl (C=O) groups excluding carboxylic acids is 2. The number of nitrogens with zero attached hydrogens (tertiary/aromatic N) is 2. The number of ketones is 1. The van der Waals surface area contributed by atoms with Crippen molar-refractivity contribution in [2.24, 2.45) is 0 Å². The fraction of sp³-hybridized carbons (Fsp3) is 0.192. The van der Waals surface area contributed by atoms with Gasteiger partial charge in [0.05, 0.1) is 18.0 Å². The third kappa shape index (κ3) is 3.91. The number of anilines is 1. The highest BCUT2D eigenvalue weighted by atomic mass is 19.1. The van der Waals surface area contributed by atoms with E-state index >= 15 is 0 Å². The van der Waals surface area contributed by atoms with Gasteiger partial charge in [0.1, 0.15) is 17.2 Å². The molecule has 0 fully saturated rings. The molecule has 0 radical (unpaired) electrons. The summed E-state index contributed by atoms with van der Waals surface area (Å²) in [5, 5.41) is 13.0. The van der Waals surface area contributed by atoms with Crippen LogP contribution in [0.25, 0.3) is 5.65 Å². The molecule has 7 heteroatoms. The lowest BCUT2D eigenvalue weighted by molar-refractivity contribution is 0.0920. The predicted molar refractivity (Wildman–Crippen MR) is 122 cm³/mol. The maximum Gasteiger partial charge on any atom is 0.274 e. The number of amides is 1. The van der Waals surface area contributed by atoms with E-state index in [0.717, 1.165) is 16.7 Å². The molecule has 0 saturated carbocycles. The summed E-state index contributed by atoms with van der Waals surface area (Å²) in [6, 6.07) is 15.3. The average Bonchev–Trinajstić information content (AvgIpc) is 3.35. The van der Waals surface area contributed by atoms with Crippen LogP contribution in [0, 0.1) is 12.7 Å². The van der Waals surface area contributed by atoms with Crippen molar-refractivity contribution in [3.05, 3.63) is 101 Å². The lowest BCUT2D eigenvalue weighted by Gasteiger charge is -2.15. The predicted octanol–water partition coefficient (Wildman–Crippen LogP) is 4.31. The number of pyridine rings is 1. The number of nitrogens with one attached hydrogen (secondary N) is 1. The van der Waals surface area contributed by atoms with Gasteiger partial charge in [0.2, 0.25) is 0 Å². The first-order valence-corrected chi connectivity index (χ1v) is 10.7. The van der Waals surface area contributed by atoms with Crippen molar-refractivity contribution in [1.82, 2.24) is 9.38 Å². The smallest absolute Gasteiger partial charge is 0.274 e. The number of hydrogen-bond acceptors (Lipinski definition) is 4. The molecule has 2 aromatic carbocycles. The molecule has 0 saturated heterocycles. The Kier molecular flexibility index (Phi) is 5.26. The molecule has 6 nitrogen and oxygen atoms in total. The zero-order chi connectivity index (χ0) is 23.1. The Morgan fingerprint density at radius 3 is 2.85 bits per heavy atom. The van der Waals surface area contributed by atoms with Crippen LogP contribution in [-0.2, 0) is 6.42 Å². The number of aromatic nitrogens is 2. The third-order valence-electron chi connectivity index (χ3n) is 6.18. The Morgan fingerprint density at radius 2 is 2.00 bits per heavy atom. The fourth-order valence-corrected chi connectivity index (χ4v) is 4.46. The van der Waals surface area contributed by atoms with Crippen LogP contribution in [0.5, 0.6) is 0 Å². The van der Waals surface area contributed by atoms with Gasteiger partial charge >= 0.3 is 0 Å². The first kappa shape index (κ1) is 21.0. The van der Waals surface area contributed by atoms with E-state index in [1.165, 1.54) is 24.4 Å². The number of fused-ring (bicyclic) bond motifs is 2. The van der Waals surface area contributed by atoms with Gasteiger partial charge in [0.15, 0.2) is 5.78 Å². The van der Waals surface area contributed by atoms with Crippen LogP contribution in [0.3, 0.4) is 0 Å². The topological polar surface area (TPSA) is 83.7 Å². The zero-order valence-electron chi connectivity index (χ0n) is 18.0. The van der Waals surface area contributed by atoms with E-state index in [-0.39, 0.29) is 35.1 Å². The molecule has 2 atom stereocenters. The van der Waals surface area contributed by atoms with Crippen LogP contribution in [0.2, 0.25) is 0 Å². The summed E-state index contributed by atoms with van der Waals surface area (Å²) in [6.45, 7) is 1.90. The van der Waals surface area contributed by atoms with Gasteiger partial charge in [-0.25, -0.2) is 9.37 Å². The van der Waals surface area contributed by atoms with Crippen molar-refractivity contribution in [3.8, 4) is 0 Å². The maximum absolute atomic E-state index is 14.5. The van der Waals surface area contributed by atoms with Crippen LogP contribution in [0.15, 0.2) is 67.0 Å². The number of hydrogen-bond donors (Lipinski definition) is 2. The highest BCUT2D eigenvalue weighted by molar-refractivity contribution is 6.05. The summed E-state index contributed by atoms with van der Waals surface area (Å²) in [6.07, 6.45) is 3.18. The minimum Gasteiger partial charge on any atom is -0.392 e. The van der Waals surface area contributed by atoms with E-state index < -0.39 is 17.8 Å². The van der Waals surface area contributed by atoms with Crippen molar-refractivity contribution >= 4 is 23.0 Å². The van der Waals surface area contributed by atoms with Gasteiger partial charge in [-0.15, -0.1) is 0 Å². The Bertz CT molecular complexity index is 1390. The second-order valence-electron chi connectivity index (χ2n) is 8.43. The molecule has 5 rings (SSSR count). The van der Waals surface area contributed by atoms with Crippen molar-refractivity contribution in [1.29, 1.82) is 0 Å². The standard InChI is InChI=1S/C26H22FN3O3/c1-15-6-9-25-28-13-22(30(25)14-15)26(33)29-21-10-17(7-8-20(21)27)23(31)12-19-18-5-3-2-4-16(18)11-24(19)32/h2-10,13-14,19,24,32H,11-12H2,1H3,(H,29,33)/t19-,24+/m0/s1. The largest absolute Gasteiger partial charge is 0.392 e. The second-order valence-corrected chi connectivity index (χ2v) is 8.43. The summed E-state index contributed by atoms with van der Waals surface area (Å²) in [4.78, 5) is 30.0. The molecule has 2 aromatic heterocycles. The molecule has 1 aliphatic rings. The number of halogens is 1. The summed E-state index contributed by atoms with van der Waals surface area (Å²) in [5.41, 5.74) is 4.01. The Morgan fingerprint density at radius 1 is 1.18 bits per heavy atom. The molecule has 4 aromatic rings. The SMILES string of the molecule is Cc1ccc2ncc(C(=O)Nc3cc(C(=O)C[C@H]4c5ccccc5C[C@H]4O)ccc3F)n2c1. The monoisotopic (exact) mass is 443 g/mol. The number of Topliss-reactive ketones (excluding diaryl/α,β-unsaturated/α-hetero) is 1. The van der Waals surface area contributed by atoms with Gasteiger partial charge in [-0.3, -0.25) is 14.0 Å². The summed E-state index contributed by atoms with van der Waals surface area (Å²) in [5.74, 6) is -1.71. The highest BCUT2D eigenvalue weighted by Gasteiger charge is 2.32. The molecule has 0 unspecified atom stereocenters. The fourth-order valence-electron chi connectivity index (χ4n) is 4.46. The molecule has 33 heavy (non-hydrogen) atoms. The molecular formula is C26H22FN3O3. The molecule has 0 bridgehead atoms. The van der Waals surface area contributed by atoms with Gasteiger partial charge in [0, 0.05) is 24.1 Å². The summed E-state index contributed by atoms with van der Waals surface area (Å²) >= 11 is 0. The summed E-state index contributed by atoms with van der Waals surface area (Å²) < 4.78 is 16.1. The van der Waals surface area contributed by atoms with Crippen LogP contribution in [0.4, 0.5) is 10.1 Å². The summed E-state index contributed by atoms with van der Waals surface area (Å²) in [7, 11) is 0. The van der Waals surface area contributed by atoms with E-state index in [0.29, 0.717) is 12.1 Å². The van der Waals surface area contributed by atoms with Crippen LogP contribution in [0.1, 0.15) is 49.9 Å². The number of aryl methyl sites for hydroxylation is 1. The van der Waals surface area contributed by atoms with Crippen molar-refractivity contribution in [2.45, 2.75) is 31.8 Å². The van der Waals surface area contributed by atoms with Crippen LogP contribution in [-0.4, -0.2) is 32.3 Å². The number of imidazole rings is 1. The number of carbonyl (C=O) groups is 2. The van der Waals surface area contributed by atoms with Gasteiger partial charge in [-0.2, -0.15) is 0 Å². The third-order valence-corrected chi connectivity index (χ3v) is 6.18. The Balaban J connectivity index is 1.37. The van der Waals surface area contributed by atoms with E-state index in [1.54, 1.807) is 16.7 Å². The van der Waals surface area contributed by atoms with Crippen LogP contribution >= 0.6 is 0 Å². The Hall–Kier alpha value is -3.84. The number of benzene rings is 2. The molecule has 0 spiro atoms. The minimum absolute atomic E-state index is 0.0826. The number of aliphatic hydroxyl groups is 1. The van der Waals surface area contributed by atoms with Crippen molar-refractivity contribution in [2.75, 3.05) is 5.32 Å². The molecule has 166 valence electrons. The van der Waals surface area contributed by atoms with Crippen molar-refractivity contribution in [3.63, 3.8) is 0 Å². The van der Waals surface area contributed by atoms with Gasteiger partial charge in [-0.05, 0) is 54.3 Å². The molecular weight excluding hydrogens is 421 g/mol. The van der Waals surface area contributed by atoms with Gasteiger partial charge < -0.3 is 10.4 Å². The second kappa shape index (κ2) is 8.26. The lowest BCUT2D eigenvalue weighted by atomic mass is 9.91. The molecule has 0 aliphatic heterocycles. The molecule has 2 heterocycles. The van der Waals surface area contributed by atoms with E-state index in [1.807, 2.05) is 37.3 Å². The molecule has 1 amide bonds. The van der Waals surface area contributed by atoms with Gasteiger partial charge in [0.25, 0.3) is 5.91 Å². The van der Waals surface area contributed by atoms with E-state index in [9.17, 15) is 19.1 Å². The molecule has 1 aliphatic carbocycles. The zero-order valence-corrected chi connectivity index (χ0v) is 18.0. The Labute approximate surface area is 189 Å². The van der Waals surface area contributed by atoms with E-state index in [2.05, 4.69) is 10.3 Å². The van der Waals surface area contributed by atoms with Gasteiger partial charge in [-0.1, -0.05) is 30.3 Å². The number of rotatable bonds is 5. The van der Waals surface area contributed by atoms with E-state index in [4.69, 9.17) is 0 Å². The highest BCUT2D eigenvalue weighted by Crippen LogP contribution is 2.36. The lowest BCUT2D eigenvalue weighted by Crippen LogP contribution is -2.18. The average molecular weight is 443 g/mol.